The summed E-state index contributed by atoms with van der Waals surface area (Å²) >= 11 is 0. The molecule has 1 fully saturated rings. The summed E-state index contributed by atoms with van der Waals surface area (Å²) in [4.78, 5) is 33.6. The van der Waals surface area contributed by atoms with Crippen molar-refractivity contribution in [3.63, 3.8) is 0 Å². The van der Waals surface area contributed by atoms with Crippen LogP contribution in [-0.2, 0) is 14.3 Å². The number of hydrogen-bond acceptors (Lipinski definition) is 8. The van der Waals surface area contributed by atoms with E-state index in [-0.39, 0.29) is 30.8 Å². The largest absolute Gasteiger partial charge is 0.345 e. The van der Waals surface area contributed by atoms with Gasteiger partial charge < -0.3 is 25.1 Å². The molecule has 5 aromatic rings. The lowest BCUT2D eigenvalue weighted by molar-refractivity contribution is -0.229. The van der Waals surface area contributed by atoms with Crippen LogP contribution in [0, 0.1) is 22.9 Å². The van der Waals surface area contributed by atoms with Gasteiger partial charge in [-0.15, -0.1) is 0 Å². The Morgan fingerprint density at radius 3 is 2.47 bits per heavy atom. The number of pyridine rings is 1. The fourth-order valence-corrected chi connectivity index (χ4v) is 4.38. The fraction of sp³-hybridized carbons (Fsp3) is 0.167. The maximum absolute atomic E-state index is 13.7. The number of carbonyl (C=O) groups excluding carboxylic acids is 1. The average Bonchev–Trinajstić information content (AvgIpc) is 3.46. The van der Waals surface area contributed by atoms with E-state index in [9.17, 15) is 18.0 Å². The van der Waals surface area contributed by atoms with Crippen LogP contribution < -0.4 is 10.6 Å². The molecule has 43 heavy (non-hydrogen) atoms. The summed E-state index contributed by atoms with van der Waals surface area (Å²) in [6, 6.07) is 14.2. The van der Waals surface area contributed by atoms with Crippen LogP contribution >= 0.6 is 0 Å². The molecule has 3 N–H and O–H groups in total. The van der Waals surface area contributed by atoms with Gasteiger partial charge >= 0.3 is 0 Å². The SMILES string of the molecule is CC1(C(=O)Nc2cccnc2)COC(c2nc(-c3ccc(F)cc3)c(-c3ccnc(Nc4ccc(F)c(F)c4)n3)[nH]2)OC1. The second-order valence-corrected chi connectivity index (χ2v) is 10.1. The second-order valence-electron chi connectivity index (χ2n) is 10.1. The Bertz CT molecular complexity index is 1760. The molecular formula is C30H24F3N7O3. The molecule has 0 aliphatic carbocycles. The number of anilines is 3. The lowest BCUT2D eigenvalue weighted by atomic mass is 9.91. The van der Waals surface area contributed by atoms with Crippen LogP contribution in [-0.4, -0.2) is 44.0 Å². The Labute approximate surface area is 243 Å². The van der Waals surface area contributed by atoms with Crippen molar-refractivity contribution in [3.05, 3.63) is 103 Å². The summed E-state index contributed by atoms with van der Waals surface area (Å²) in [5.41, 5.74) is 1.70. The molecule has 1 amide bonds. The Kier molecular flexibility index (Phi) is 7.57. The Morgan fingerprint density at radius 2 is 1.74 bits per heavy atom. The smallest absolute Gasteiger partial charge is 0.235 e. The summed E-state index contributed by atoms with van der Waals surface area (Å²) in [5, 5.41) is 5.67. The third-order valence-corrected chi connectivity index (χ3v) is 6.72. The van der Waals surface area contributed by atoms with Crippen molar-refractivity contribution in [1.29, 1.82) is 0 Å². The van der Waals surface area contributed by atoms with Crippen molar-refractivity contribution in [2.24, 2.45) is 5.41 Å². The number of ether oxygens (including phenoxy) is 2. The van der Waals surface area contributed by atoms with Crippen LogP contribution in [0.4, 0.5) is 30.5 Å². The molecule has 1 aliphatic heterocycles. The molecule has 2 aromatic carbocycles. The van der Waals surface area contributed by atoms with Gasteiger partial charge in [0.05, 0.1) is 47.6 Å². The molecule has 4 heterocycles. The number of H-pyrrole nitrogens is 1. The molecule has 0 saturated carbocycles. The van der Waals surface area contributed by atoms with E-state index in [1.807, 2.05) is 0 Å². The van der Waals surface area contributed by atoms with Crippen LogP contribution in [0.15, 0.2) is 79.3 Å². The molecule has 13 heteroatoms. The van der Waals surface area contributed by atoms with Crippen LogP contribution in [0.2, 0.25) is 0 Å². The number of aromatic amines is 1. The van der Waals surface area contributed by atoms with Crippen molar-refractivity contribution >= 4 is 23.2 Å². The Morgan fingerprint density at radius 1 is 0.953 bits per heavy atom. The first-order valence-electron chi connectivity index (χ1n) is 13.1. The minimum atomic E-state index is -1.02. The van der Waals surface area contributed by atoms with Gasteiger partial charge in [0, 0.05) is 29.7 Å². The monoisotopic (exact) mass is 587 g/mol. The zero-order chi connectivity index (χ0) is 30.0. The predicted molar refractivity (Wildman–Crippen MR) is 150 cm³/mol. The quantitative estimate of drug-likeness (QED) is 0.219. The minimum Gasteiger partial charge on any atom is -0.345 e. The van der Waals surface area contributed by atoms with E-state index < -0.39 is 29.2 Å². The van der Waals surface area contributed by atoms with Crippen molar-refractivity contribution < 1.29 is 27.4 Å². The van der Waals surface area contributed by atoms with Crippen LogP contribution in [0.25, 0.3) is 22.6 Å². The molecule has 0 radical (unpaired) electrons. The normalized spacial score (nSPS) is 18.3. The number of rotatable bonds is 7. The van der Waals surface area contributed by atoms with E-state index in [1.165, 1.54) is 24.4 Å². The van der Waals surface area contributed by atoms with Crippen molar-refractivity contribution in [1.82, 2.24) is 24.9 Å². The van der Waals surface area contributed by atoms with Crippen LogP contribution in [0.3, 0.4) is 0 Å². The first-order valence-corrected chi connectivity index (χ1v) is 13.1. The van der Waals surface area contributed by atoms with E-state index in [1.54, 1.807) is 49.6 Å². The molecule has 0 atom stereocenters. The maximum Gasteiger partial charge on any atom is 0.235 e. The molecule has 10 nitrogen and oxygen atoms in total. The van der Waals surface area contributed by atoms with Gasteiger partial charge in [0.25, 0.3) is 0 Å². The van der Waals surface area contributed by atoms with Gasteiger partial charge in [0.1, 0.15) is 5.82 Å². The number of amides is 1. The third kappa shape index (κ3) is 6.08. The highest BCUT2D eigenvalue weighted by Gasteiger charge is 2.41. The van der Waals surface area contributed by atoms with Gasteiger partial charge in [0.2, 0.25) is 18.1 Å². The van der Waals surface area contributed by atoms with E-state index in [0.29, 0.717) is 34.2 Å². The number of nitrogens with one attached hydrogen (secondary N) is 3. The lowest BCUT2D eigenvalue weighted by Crippen LogP contribution is -2.45. The first-order chi connectivity index (χ1) is 20.8. The summed E-state index contributed by atoms with van der Waals surface area (Å²) in [6.07, 6.45) is 3.70. The van der Waals surface area contributed by atoms with E-state index in [4.69, 9.17) is 14.5 Å². The molecule has 0 unspecified atom stereocenters. The Balaban J connectivity index is 1.26. The summed E-state index contributed by atoms with van der Waals surface area (Å²) < 4.78 is 52.7. The van der Waals surface area contributed by atoms with Crippen LogP contribution in [0.5, 0.6) is 0 Å². The van der Waals surface area contributed by atoms with E-state index in [2.05, 4.69) is 30.6 Å². The molecule has 0 bridgehead atoms. The summed E-state index contributed by atoms with van der Waals surface area (Å²) in [7, 11) is 0. The van der Waals surface area contributed by atoms with Gasteiger partial charge in [-0.2, -0.15) is 0 Å². The number of imidazole rings is 1. The van der Waals surface area contributed by atoms with E-state index >= 15 is 0 Å². The lowest BCUT2D eigenvalue weighted by Gasteiger charge is -2.35. The van der Waals surface area contributed by atoms with Gasteiger partial charge in [-0.05, 0) is 61.5 Å². The van der Waals surface area contributed by atoms with E-state index in [0.717, 1.165) is 12.1 Å². The third-order valence-electron chi connectivity index (χ3n) is 6.72. The van der Waals surface area contributed by atoms with Crippen LogP contribution in [0.1, 0.15) is 19.0 Å². The summed E-state index contributed by atoms with van der Waals surface area (Å²) in [5.74, 6) is -2.27. The molecule has 1 saturated heterocycles. The number of aromatic nitrogens is 5. The summed E-state index contributed by atoms with van der Waals surface area (Å²) in [6.45, 7) is 1.82. The topological polar surface area (TPSA) is 127 Å². The average molecular weight is 588 g/mol. The highest BCUT2D eigenvalue weighted by atomic mass is 19.2. The molecule has 1 aliphatic rings. The van der Waals surface area contributed by atoms with Gasteiger partial charge in [-0.3, -0.25) is 9.78 Å². The van der Waals surface area contributed by atoms with Gasteiger partial charge in [0.15, 0.2) is 17.5 Å². The van der Waals surface area contributed by atoms with Gasteiger partial charge in [-0.25, -0.2) is 28.1 Å². The second kappa shape index (κ2) is 11.6. The molecular weight excluding hydrogens is 563 g/mol. The Hall–Kier alpha value is -5.14. The fourth-order valence-electron chi connectivity index (χ4n) is 4.38. The zero-order valence-electron chi connectivity index (χ0n) is 22.6. The molecule has 3 aromatic heterocycles. The number of carbonyl (C=O) groups is 1. The van der Waals surface area contributed by atoms with Crippen molar-refractivity contribution in [2.75, 3.05) is 23.8 Å². The predicted octanol–water partition coefficient (Wildman–Crippen LogP) is 5.78. The number of hydrogen-bond donors (Lipinski definition) is 3. The molecule has 6 rings (SSSR count). The van der Waals surface area contributed by atoms with Crippen molar-refractivity contribution in [2.45, 2.75) is 13.2 Å². The van der Waals surface area contributed by atoms with Gasteiger partial charge in [-0.1, -0.05) is 0 Å². The zero-order valence-corrected chi connectivity index (χ0v) is 22.6. The number of halogens is 3. The maximum atomic E-state index is 13.7. The first kappa shape index (κ1) is 28.0. The van der Waals surface area contributed by atoms with Crippen molar-refractivity contribution in [3.8, 4) is 22.6 Å². The minimum absolute atomic E-state index is 0.0431. The molecule has 218 valence electrons. The standard InChI is InChI=1S/C30H24F3N7O3/c1-30(28(41)36-20-3-2-11-34-14-20)15-42-27(43-16-30)26-39-24(17-4-6-18(31)7-5-17)25(40-26)23-10-12-35-29(38-23)37-19-8-9-21(32)22(33)13-19/h2-14,27H,15-16H2,1H3,(H,36,41)(H,39,40)(H,35,37,38). The highest BCUT2D eigenvalue weighted by molar-refractivity contribution is 5.95. The number of benzene rings is 2. The molecule has 0 spiro atoms. The highest BCUT2D eigenvalue weighted by Crippen LogP contribution is 2.36. The number of nitrogens with zero attached hydrogens (tertiary/aromatic N) is 4.